The van der Waals surface area contributed by atoms with Gasteiger partial charge >= 0.3 is 13.1 Å². The summed E-state index contributed by atoms with van der Waals surface area (Å²) in [4.78, 5) is 11.7. The van der Waals surface area contributed by atoms with E-state index in [0.29, 0.717) is 18.1 Å². The fourth-order valence-electron chi connectivity index (χ4n) is 2.08. The van der Waals surface area contributed by atoms with E-state index in [2.05, 4.69) is 10.6 Å². The first kappa shape index (κ1) is 17.1. The molecule has 2 amide bonds. The molecule has 22 heavy (non-hydrogen) atoms. The van der Waals surface area contributed by atoms with Crippen molar-refractivity contribution >= 4 is 35.9 Å². The smallest absolute Gasteiger partial charge is 0.399 e. The fourth-order valence-corrected chi connectivity index (χ4v) is 2.17. The van der Waals surface area contributed by atoms with E-state index in [-0.39, 0.29) is 6.03 Å². The minimum atomic E-state index is -0.447. The highest BCUT2D eigenvalue weighted by atomic mass is 35.5. The van der Waals surface area contributed by atoms with E-state index in [1.54, 1.807) is 0 Å². The predicted molar refractivity (Wildman–Crippen MR) is 89.9 cm³/mol. The van der Waals surface area contributed by atoms with E-state index in [0.717, 1.165) is 5.46 Å². The highest BCUT2D eigenvalue weighted by molar-refractivity contribution is 6.62. The van der Waals surface area contributed by atoms with Gasteiger partial charge in [-0.25, -0.2) is 4.79 Å². The van der Waals surface area contributed by atoms with Crippen LogP contribution in [0.15, 0.2) is 24.3 Å². The molecule has 0 atom stereocenters. The first-order valence-electron chi connectivity index (χ1n) is 7.31. The Bertz CT molecular complexity index is 535. The van der Waals surface area contributed by atoms with Crippen molar-refractivity contribution in [3.05, 3.63) is 24.3 Å². The SMILES string of the molecule is CC1(C)OB(c2cccc(NC(=O)NCCCl)c2)OC1(C)C. The van der Waals surface area contributed by atoms with Gasteiger partial charge in [0.25, 0.3) is 0 Å². The van der Waals surface area contributed by atoms with Crippen LogP contribution in [0.5, 0.6) is 0 Å². The number of benzene rings is 1. The number of rotatable bonds is 4. The molecule has 0 spiro atoms. The Hall–Kier alpha value is -1.24. The van der Waals surface area contributed by atoms with E-state index < -0.39 is 18.3 Å². The van der Waals surface area contributed by atoms with Gasteiger partial charge in [0.15, 0.2) is 0 Å². The molecule has 1 heterocycles. The number of alkyl halides is 1. The zero-order chi connectivity index (χ0) is 16.4. The molecule has 1 aliphatic rings. The molecule has 0 unspecified atom stereocenters. The van der Waals surface area contributed by atoms with Gasteiger partial charge in [0.05, 0.1) is 11.2 Å². The van der Waals surface area contributed by atoms with Crippen molar-refractivity contribution in [2.45, 2.75) is 38.9 Å². The second-order valence-corrected chi connectivity index (χ2v) is 6.66. The minimum absolute atomic E-state index is 0.285. The minimum Gasteiger partial charge on any atom is -0.399 e. The summed E-state index contributed by atoms with van der Waals surface area (Å²) in [5.41, 5.74) is 0.769. The highest BCUT2D eigenvalue weighted by Gasteiger charge is 2.51. The number of amides is 2. The first-order valence-corrected chi connectivity index (χ1v) is 7.85. The van der Waals surface area contributed by atoms with Crippen LogP contribution in [0.3, 0.4) is 0 Å². The Morgan fingerprint density at radius 1 is 1.23 bits per heavy atom. The van der Waals surface area contributed by atoms with Crippen molar-refractivity contribution in [3.63, 3.8) is 0 Å². The number of urea groups is 1. The lowest BCUT2D eigenvalue weighted by atomic mass is 9.79. The number of carbonyl (C=O) groups excluding carboxylic acids is 1. The third-order valence-electron chi connectivity index (χ3n) is 4.05. The maximum Gasteiger partial charge on any atom is 0.494 e. The van der Waals surface area contributed by atoms with Crippen molar-refractivity contribution in [2.75, 3.05) is 17.7 Å². The second kappa shape index (κ2) is 6.48. The maximum atomic E-state index is 11.7. The van der Waals surface area contributed by atoms with Crippen LogP contribution in [0, 0.1) is 0 Å². The van der Waals surface area contributed by atoms with Crippen LogP contribution in [-0.2, 0) is 9.31 Å². The monoisotopic (exact) mass is 324 g/mol. The van der Waals surface area contributed by atoms with Gasteiger partial charge in [-0.3, -0.25) is 0 Å². The average Bonchev–Trinajstić information content (AvgIpc) is 2.65. The molecule has 1 aromatic rings. The van der Waals surface area contributed by atoms with Gasteiger partial charge in [0.1, 0.15) is 0 Å². The molecule has 2 N–H and O–H groups in total. The molecule has 0 aliphatic carbocycles. The number of hydrogen-bond donors (Lipinski definition) is 2. The predicted octanol–water partition coefficient (Wildman–Crippen LogP) is 2.35. The lowest BCUT2D eigenvalue weighted by Crippen LogP contribution is -2.41. The molecular formula is C15H22BClN2O3. The van der Waals surface area contributed by atoms with Crippen molar-refractivity contribution < 1.29 is 14.1 Å². The molecular weight excluding hydrogens is 302 g/mol. The average molecular weight is 325 g/mol. The highest BCUT2D eigenvalue weighted by Crippen LogP contribution is 2.36. The van der Waals surface area contributed by atoms with Crippen molar-refractivity contribution in [1.82, 2.24) is 5.32 Å². The number of halogens is 1. The van der Waals surface area contributed by atoms with Gasteiger partial charge in [-0.05, 0) is 45.3 Å². The number of hydrogen-bond acceptors (Lipinski definition) is 3. The van der Waals surface area contributed by atoms with Gasteiger partial charge in [-0.1, -0.05) is 12.1 Å². The third-order valence-corrected chi connectivity index (χ3v) is 4.24. The molecule has 0 aromatic heterocycles. The van der Waals surface area contributed by atoms with Gasteiger partial charge in [0.2, 0.25) is 0 Å². The lowest BCUT2D eigenvalue weighted by molar-refractivity contribution is 0.00578. The van der Waals surface area contributed by atoms with E-state index in [1.165, 1.54) is 0 Å². The van der Waals surface area contributed by atoms with E-state index in [4.69, 9.17) is 20.9 Å². The summed E-state index contributed by atoms with van der Waals surface area (Å²) < 4.78 is 12.0. The summed E-state index contributed by atoms with van der Waals surface area (Å²) in [5.74, 6) is 0.376. The van der Waals surface area contributed by atoms with Gasteiger partial charge in [-0.2, -0.15) is 0 Å². The third kappa shape index (κ3) is 3.75. The molecule has 1 saturated heterocycles. The van der Waals surface area contributed by atoms with Crippen LogP contribution >= 0.6 is 11.6 Å². The number of carbonyl (C=O) groups is 1. The summed E-state index contributed by atoms with van der Waals surface area (Å²) in [6, 6.07) is 7.16. The van der Waals surface area contributed by atoms with Crippen molar-refractivity contribution in [2.24, 2.45) is 0 Å². The maximum absolute atomic E-state index is 11.7. The first-order chi connectivity index (χ1) is 10.2. The van der Waals surface area contributed by atoms with Crippen LogP contribution in [-0.4, -0.2) is 36.8 Å². The molecule has 7 heteroatoms. The van der Waals surface area contributed by atoms with Gasteiger partial charge in [0, 0.05) is 18.1 Å². The van der Waals surface area contributed by atoms with Crippen LogP contribution in [0.1, 0.15) is 27.7 Å². The molecule has 1 fully saturated rings. The van der Waals surface area contributed by atoms with Gasteiger partial charge in [-0.15, -0.1) is 11.6 Å². The Balaban J connectivity index is 2.08. The van der Waals surface area contributed by atoms with Crippen LogP contribution < -0.4 is 16.1 Å². The normalized spacial score (nSPS) is 19.0. The van der Waals surface area contributed by atoms with E-state index in [1.807, 2.05) is 52.0 Å². The fraction of sp³-hybridized carbons (Fsp3) is 0.533. The Morgan fingerprint density at radius 3 is 2.45 bits per heavy atom. The molecule has 0 radical (unpaired) electrons. The van der Waals surface area contributed by atoms with Gasteiger partial charge < -0.3 is 19.9 Å². The Kier molecular flexibility index (Phi) is 5.05. The molecule has 1 aromatic carbocycles. The van der Waals surface area contributed by atoms with Crippen LogP contribution in [0.4, 0.5) is 10.5 Å². The molecule has 5 nitrogen and oxygen atoms in total. The number of nitrogens with one attached hydrogen (secondary N) is 2. The van der Waals surface area contributed by atoms with Crippen LogP contribution in [0.2, 0.25) is 0 Å². The molecule has 0 bridgehead atoms. The summed E-state index contributed by atoms with van der Waals surface area (Å²) >= 11 is 5.54. The van der Waals surface area contributed by atoms with Crippen molar-refractivity contribution in [1.29, 1.82) is 0 Å². The van der Waals surface area contributed by atoms with E-state index in [9.17, 15) is 4.79 Å². The quantitative estimate of drug-likeness (QED) is 0.660. The summed E-state index contributed by atoms with van der Waals surface area (Å²) in [5, 5.41) is 5.41. The summed E-state index contributed by atoms with van der Waals surface area (Å²) in [7, 11) is -0.447. The van der Waals surface area contributed by atoms with Crippen LogP contribution in [0.25, 0.3) is 0 Å². The largest absolute Gasteiger partial charge is 0.494 e. The Morgan fingerprint density at radius 2 is 1.86 bits per heavy atom. The summed E-state index contributed by atoms with van der Waals surface area (Å²) in [6.45, 7) is 8.46. The zero-order valence-corrected chi connectivity index (χ0v) is 14.2. The second-order valence-electron chi connectivity index (χ2n) is 6.28. The number of anilines is 1. The Labute approximate surface area is 136 Å². The van der Waals surface area contributed by atoms with E-state index >= 15 is 0 Å². The molecule has 120 valence electrons. The van der Waals surface area contributed by atoms with Crippen molar-refractivity contribution in [3.8, 4) is 0 Å². The molecule has 0 saturated carbocycles. The molecule has 1 aliphatic heterocycles. The summed E-state index contributed by atoms with van der Waals surface area (Å²) in [6.07, 6.45) is 0. The standard InChI is InChI=1S/C15H22BClN2O3/c1-14(2)15(3,4)22-16(21-14)11-6-5-7-12(10-11)19-13(20)18-9-8-17/h5-7,10H,8-9H2,1-4H3,(H2,18,19,20). The zero-order valence-electron chi connectivity index (χ0n) is 13.4. The lowest BCUT2D eigenvalue weighted by Gasteiger charge is -2.32. The topological polar surface area (TPSA) is 59.6 Å². The molecule has 2 rings (SSSR count).